The van der Waals surface area contributed by atoms with Crippen molar-refractivity contribution < 1.29 is 20.1 Å². The summed E-state index contributed by atoms with van der Waals surface area (Å²) in [7, 11) is 0. The van der Waals surface area contributed by atoms with Crippen molar-refractivity contribution in [2.45, 2.75) is 50.7 Å². The number of aliphatic hydroxyl groups is 3. The molecule has 0 saturated carbocycles. The van der Waals surface area contributed by atoms with E-state index in [2.05, 4.69) is 20.3 Å². The van der Waals surface area contributed by atoms with Gasteiger partial charge in [0.05, 0.1) is 30.1 Å². The second kappa shape index (κ2) is 7.11. The fraction of sp³-hybridized carbons (Fsp3) is 0.600. The van der Waals surface area contributed by atoms with Crippen molar-refractivity contribution in [2.24, 2.45) is 0 Å². The first-order valence-corrected chi connectivity index (χ1v) is 8.19. The van der Waals surface area contributed by atoms with Gasteiger partial charge in [0.15, 0.2) is 0 Å². The van der Waals surface area contributed by atoms with E-state index in [1.165, 1.54) is 4.68 Å². The van der Waals surface area contributed by atoms with Gasteiger partial charge in [-0.1, -0.05) is 19.1 Å². The number of H-pyrrole nitrogens is 2. The molecule has 5 N–H and O–H groups in total. The van der Waals surface area contributed by atoms with Crippen LogP contribution in [0.5, 0.6) is 0 Å². The highest BCUT2D eigenvalue weighted by Gasteiger charge is 2.45. The molecule has 11 heteroatoms. The highest BCUT2D eigenvalue weighted by Crippen LogP contribution is 2.33. The second-order valence-electron chi connectivity index (χ2n) is 6.56. The predicted octanol–water partition coefficient (Wildman–Crippen LogP) is -2.02. The van der Waals surface area contributed by atoms with Crippen LogP contribution in [0.3, 0.4) is 0 Å². The largest absolute Gasteiger partial charge is 0.394 e. The van der Waals surface area contributed by atoms with Gasteiger partial charge in [-0.2, -0.15) is 0 Å². The molecule has 11 nitrogen and oxygen atoms in total. The van der Waals surface area contributed by atoms with Crippen LogP contribution in [-0.2, 0) is 11.3 Å². The van der Waals surface area contributed by atoms with E-state index in [-0.39, 0.29) is 23.7 Å². The Morgan fingerprint density at radius 2 is 2.00 bits per heavy atom. The van der Waals surface area contributed by atoms with Gasteiger partial charge in [0.1, 0.15) is 24.4 Å². The smallest absolute Gasteiger partial charge is 0.325 e. The van der Waals surface area contributed by atoms with Crippen LogP contribution in [0.2, 0.25) is 0 Å². The molecule has 1 aliphatic heterocycles. The van der Waals surface area contributed by atoms with Crippen molar-refractivity contribution in [3.8, 4) is 0 Å². The molecule has 0 spiro atoms. The number of rotatable bonds is 5. The number of aromatic nitrogens is 5. The van der Waals surface area contributed by atoms with Gasteiger partial charge in [0.2, 0.25) is 0 Å². The van der Waals surface area contributed by atoms with E-state index in [4.69, 9.17) is 4.74 Å². The van der Waals surface area contributed by atoms with Crippen molar-refractivity contribution >= 4 is 0 Å². The third-order valence-corrected chi connectivity index (χ3v) is 4.36. The van der Waals surface area contributed by atoms with Crippen LogP contribution in [-0.4, -0.2) is 65.2 Å². The molecule has 3 rings (SSSR count). The minimum absolute atomic E-state index is 0.0146. The number of hydrogen-bond acceptors (Lipinski definition) is 8. The van der Waals surface area contributed by atoms with E-state index in [1.807, 2.05) is 13.8 Å². The summed E-state index contributed by atoms with van der Waals surface area (Å²) in [5.41, 5.74) is -0.582. The van der Waals surface area contributed by atoms with Gasteiger partial charge in [-0.25, -0.2) is 9.48 Å². The zero-order valence-corrected chi connectivity index (χ0v) is 14.3. The van der Waals surface area contributed by atoms with Gasteiger partial charge < -0.3 is 25.0 Å². The second-order valence-corrected chi connectivity index (χ2v) is 6.56. The molecule has 26 heavy (non-hydrogen) atoms. The van der Waals surface area contributed by atoms with Crippen LogP contribution in [0.25, 0.3) is 0 Å². The SMILES string of the molecule is CC(C)c1cn(Cc2[nH]c(=O)[nH]c(=O)c2[C@@H]2O[C@H](CO)C(O)[C@@H]2O)nn1. The molecule has 1 aliphatic rings. The van der Waals surface area contributed by atoms with E-state index < -0.39 is 42.3 Å². The number of nitrogens with one attached hydrogen (secondary N) is 2. The van der Waals surface area contributed by atoms with Crippen molar-refractivity contribution in [1.82, 2.24) is 25.0 Å². The molecule has 1 unspecified atom stereocenters. The summed E-state index contributed by atoms with van der Waals surface area (Å²) >= 11 is 0. The Kier molecular flexibility index (Phi) is 5.05. The average molecular weight is 367 g/mol. The highest BCUT2D eigenvalue weighted by molar-refractivity contribution is 5.23. The standard InChI is InChI=1S/C15H21N5O6/c1-6(2)7-3-20(19-18-7)4-8-10(14(24)17-15(25)16-8)13-12(23)11(22)9(5-21)26-13/h3,6,9,11-13,21-23H,4-5H2,1-2H3,(H2,16,17,24,25)/t9-,11?,12+,13+/m1/s1. The molecule has 0 aliphatic carbocycles. The van der Waals surface area contributed by atoms with Crippen molar-refractivity contribution in [3.05, 3.63) is 44.0 Å². The van der Waals surface area contributed by atoms with Crippen LogP contribution in [0.1, 0.15) is 42.8 Å². The first-order chi connectivity index (χ1) is 12.3. The van der Waals surface area contributed by atoms with E-state index >= 15 is 0 Å². The van der Waals surface area contributed by atoms with Crippen molar-refractivity contribution in [1.29, 1.82) is 0 Å². The van der Waals surface area contributed by atoms with Gasteiger partial charge in [-0.3, -0.25) is 9.78 Å². The summed E-state index contributed by atoms with van der Waals surface area (Å²) in [5.74, 6) is 0.155. The van der Waals surface area contributed by atoms with Crippen LogP contribution in [0, 0.1) is 0 Å². The maximum absolute atomic E-state index is 12.3. The molecule has 1 fully saturated rings. The minimum atomic E-state index is -1.43. The lowest BCUT2D eigenvalue weighted by molar-refractivity contribution is -0.0235. The number of ether oxygens (including phenoxy) is 1. The number of hydrogen-bond donors (Lipinski definition) is 5. The monoisotopic (exact) mass is 367 g/mol. The average Bonchev–Trinajstić information content (AvgIpc) is 3.14. The van der Waals surface area contributed by atoms with Gasteiger partial charge in [0.25, 0.3) is 5.56 Å². The molecule has 0 amide bonds. The van der Waals surface area contributed by atoms with Crippen molar-refractivity contribution in [3.63, 3.8) is 0 Å². The van der Waals surface area contributed by atoms with Crippen LogP contribution in [0.4, 0.5) is 0 Å². The fourth-order valence-corrected chi connectivity index (χ4v) is 2.92. The molecule has 2 aromatic rings. The van der Waals surface area contributed by atoms with Gasteiger partial charge >= 0.3 is 5.69 Å². The summed E-state index contributed by atoms with van der Waals surface area (Å²) in [5, 5.41) is 37.4. The van der Waals surface area contributed by atoms with Gasteiger partial charge in [-0.05, 0) is 5.92 Å². The fourth-order valence-electron chi connectivity index (χ4n) is 2.92. The molecule has 0 bridgehead atoms. The van der Waals surface area contributed by atoms with Gasteiger partial charge in [-0.15, -0.1) is 5.10 Å². The van der Waals surface area contributed by atoms with Crippen LogP contribution in [0.15, 0.2) is 15.8 Å². The summed E-state index contributed by atoms with van der Waals surface area (Å²) in [4.78, 5) is 28.6. The summed E-state index contributed by atoms with van der Waals surface area (Å²) in [6, 6.07) is 0. The predicted molar refractivity (Wildman–Crippen MR) is 87.6 cm³/mol. The zero-order valence-electron chi connectivity index (χ0n) is 14.3. The topological polar surface area (TPSA) is 166 Å². The zero-order chi connectivity index (χ0) is 19.0. The Hall–Kier alpha value is -2.34. The van der Waals surface area contributed by atoms with Crippen LogP contribution >= 0.6 is 0 Å². The maximum atomic E-state index is 12.3. The lowest BCUT2D eigenvalue weighted by atomic mass is 10.0. The summed E-state index contributed by atoms with van der Waals surface area (Å²) in [6.45, 7) is 3.40. The Morgan fingerprint density at radius 3 is 2.58 bits per heavy atom. The third kappa shape index (κ3) is 3.33. The molecule has 2 aromatic heterocycles. The van der Waals surface area contributed by atoms with Gasteiger partial charge in [0, 0.05) is 6.20 Å². The molecule has 3 heterocycles. The molecule has 142 valence electrons. The Balaban J connectivity index is 2.00. The normalized spacial score (nSPS) is 25.9. The number of nitrogens with zero attached hydrogens (tertiary/aromatic N) is 3. The molecular formula is C15H21N5O6. The van der Waals surface area contributed by atoms with Crippen molar-refractivity contribution in [2.75, 3.05) is 6.61 Å². The summed E-state index contributed by atoms with van der Waals surface area (Å²) in [6.07, 6.45) is -3.34. The molecule has 0 radical (unpaired) electrons. The lowest BCUT2D eigenvalue weighted by Gasteiger charge is -2.17. The van der Waals surface area contributed by atoms with E-state index in [9.17, 15) is 24.9 Å². The minimum Gasteiger partial charge on any atom is -0.394 e. The Bertz CT molecular complexity index is 887. The Morgan fingerprint density at radius 1 is 1.27 bits per heavy atom. The first-order valence-electron chi connectivity index (χ1n) is 8.19. The first kappa shape index (κ1) is 18.5. The highest BCUT2D eigenvalue weighted by atomic mass is 16.6. The van der Waals surface area contributed by atoms with E-state index in [0.717, 1.165) is 5.69 Å². The number of aliphatic hydroxyl groups excluding tert-OH is 3. The maximum Gasteiger partial charge on any atom is 0.325 e. The summed E-state index contributed by atoms with van der Waals surface area (Å²) < 4.78 is 6.88. The number of aromatic amines is 2. The van der Waals surface area contributed by atoms with E-state index in [1.54, 1.807) is 6.20 Å². The third-order valence-electron chi connectivity index (χ3n) is 4.36. The van der Waals surface area contributed by atoms with E-state index in [0.29, 0.717) is 0 Å². The lowest BCUT2D eigenvalue weighted by Crippen LogP contribution is -2.35. The molecule has 1 saturated heterocycles. The van der Waals surface area contributed by atoms with Crippen LogP contribution < -0.4 is 11.2 Å². The molecule has 4 atom stereocenters. The molecular weight excluding hydrogens is 346 g/mol. The Labute approximate surface area is 147 Å². The quantitative estimate of drug-likeness (QED) is 0.404. The molecule has 0 aromatic carbocycles.